The van der Waals surface area contributed by atoms with Gasteiger partial charge < -0.3 is 14.6 Å². The lowest BCUT2D eigenvalue weighted by Gasteiger charge is -2.18. The van der Waals surface area contributed by atoms with Crippen LogP contribution in [0.25, 0.3) is 0 Å². The van der Waals surface area contributed by atoms with E-state index < -0.39 is 6.10 Å². The normalized spacial score (nSPS) is 12.1. The van der Waals surface area contributed by atoms with Crippen LogP contribution in [0.5, 0.6) is 11.5 Å². The summed E-state index contributed by atoms with van der Waals surface area (Å²) in [6.45, 7) is 1.73. The molecule has 0 aliphatic carbocycles. The summed E-state index contributed by atoms with van der Waals surface area (Å²) in [6.07, 6.45) is -0.974. The van der Waals surface area contributed by atoms with Gasteiger partial charge in [0.2, 0.25) is 0 Å². The Morgan fingerprint density at radius 2 is 1.76 bits per heavy atom. The summed E-state index contributed by atoms with van der Waals surface area (Å²) in [5.41, 5.74) is 1.71. The highest BCUT2D eigenvalue weighted by Gasteiger charge is 2.21. The van der Waals surface area contributed by atoms with Gasteiger partial charge in [-0.25, -0.2) is 4.39 Å². The summed E-state index contributed by atoms with van der Waals surface area (Å²) in [7, 11) is 2.98. The lowest BCUT2D eigenvalue weighted by atomic mass is 9.97. The molecule has 1 atom stereocenters. The summed E-state index contributed by atoms with van der Waals surface area (Å²) in [5, 5.41) is 10.8. The summed E-state index contributed by atoms with van der Waals surface area (Å²) in [5.74, 6) is 0.492. The first-order chi connectivity index (χ1) is 9.99. The van der Waals surface area contributed by atoms with Crippen molar-refractivity contribution in [3.63, 3.8) is 0 Å². The SMILES string of the molecule is COc1ccc(C(O)c2ccc(F)cc2C)c(Cl)c1OC. The molecule has 0 aromatic heterocycles. The topological polar surface area (TPSA) is 38.7 Å². The van der Waals surface area contributed by atoms with E-state index in [9.17, 15) is 9.50 Å². The monoisotopic (exact) mass is 310 g/mol. The second-order valence-electron chi connectivity index (χ2n) is 4.61. The molecular weight excluding hydrogens is 295 g/mol. The number of benzene rings is 2. The van der Waals surface area contributed by atoms with Crippen LogP contribution >= 0.6 is 11.6 Å². The molecule has 0 amide bonds. The Morgan fingerprint density at radius 3 is 2.33 bits per heavy atom. The third kappa shape index (κ3) is 2.96. The third-order valence-electron chi connectivity index (χ3n) is 3.34. The second kappa shape index (κ2) is 6.33. The van der Waals surface area contributed by atoms with Crippen molar-refractivity contribution in [1.82, 2.24) is 0 Å². The number of methoxy groups -OCH3 is 2. The van der Waals surface area contributed by atoms with E-state index in [0.29, 0.717) is 28.2 Å². The molecule has 0 aliphatic heterocycles. The van der Waals surface area contributed by atoms with E-state index in [1.54, 1.807) is 25.1 Å². The largest absolute Gasteiger partial charge is 0.493 e. The van der Waals surface area contributed by atoms with Crippen LogP contribution in [0, 0.1) is 12.7 Å². The summed E-state index contributed by atoms with van der Waals surface area (Å²) < 4.78 is 23.5. The van der Waals surface area contributed by atoms with Crippen molar-refractivity contribution in [2.45, 2.75) is 13.0 Å². The van der Waals surface area contributed by atoms with Gasteiger partial charge in [-0.05, 0) is 36.2 Å². The smallest absolute Gasteiger partial charge is 0.179 e. The van der Waals surface area contributed by atoms with Gasteiger partial charge in [-0.15, -0.1) is 0 Å². The molecule has 0 spiro atoms. The van der Waals surface area contributed by atoms with Gasteiger partial charge in [0.1, 0.15) is 11.9 Å². The number of hydrogen-bond acceptors (Lipinski definition) is 3. The standard InChI is InChI=1S/C16H16ClFO3/c1-9-8-10(18)4-5-11(9)15(19)12-6-7-13(20-2)16(21-3)14(12)17/h4-8,15,19H,1-3H3. The van der Waals surface area contributed by atoms with Crippen LogP contribution in [0.2, 0.25) is 5.02 Å². The molecule has 1 N–H and O–H groups in total. The van der Waals surface area contributed by atoms with Crippen molar-refractivity contribution < 1.29 is 19.0 Å². The molecule has 0 saturated carbocycles. The molecule has 112 valence electrons. The lowest BCUT2D eigenvalue weighted by Crippen LogP contribution is -2.04. The maximum Gasteiger partial charge on any atom is 0.179 e. The van der Waals surface area contributed by atoms with Gasteiger partial charge in [0, 0.05) is 5.56 Å². The van der Waals surface area contributed by atoms with E-state index in [1.807, 2.05) is 0 Å². The molecule has 2 aromatic rings. The van der Waals surface area contributed by atoms with Crippen LogP contribution < -0.4 is 9.47 Å². The maximum atomic E-state index is 13.2. The Morgan fingerprint density at radius 1 is 1.10 bits per heavy atom. The zero-order valence-corrected chi connectivity index (χ0v) is 12.7. The van der Waals surface area contributed by atoms with E-state index in [0.717, 1.165) is 0 Å². The lowest BCUT2D eigenvalue weighted by molar-refractivity contribution is 0.218. The molecule has 0 radical (unpaired) electrons. The number of ether oxygens (including phenoxy) is 2. The molecule has 0 aliphatic rings. The molecule has 3 nitrogen and oxygen atoms in total. The van der Waals surface area contributed by atoms with Gasteiger partial charge in [0.25, 0.3) is 0 Å². The van der Waals surface area contributed by atoms with Gasteiger partial charge in [-0.1, -0.05) is 23.7 Å². The zero-order valence-electron chi connectivity index (χ0n) is 12.0. The first kappa shape index (κ1) is 15.6. The predicted molar refractivity (Wildman–Crippen MR) is 79.8 cm³/mol. The third-order valence-corrected chi connectivity index (χ3v) is 3.73. The molecule has 0 saturated heterocycles. The predicted octanol–water partition coefficient (Wildman–Crippen LogP) is 3.89. The fraction of sp³-hybridized carbons (Fsp3) is 0.250. The van der Waals surface area contributed by atoms with Gasteiger partial charge >= 0.3 is 0 Å². The van der Waals surface area contributed by atoms with Crippen molar-refractivity contribution in [3.05, 3.63) is 57.9 Å². The van der Waals surface area contributed by atoms with E-state index in [1.165, 1.54) is 26.4 Å². The number of halogens is 2. The Balaban J connectivity index is 2.51. The number of aryl methyl sites for hydroxylation is 1. The summed E-state index contributed by atoms with van der Waals surface area (Å²) in [4.78, 5) is 0. The summed E-state index contributed by atoms with van der Waals surface area (Å²) in [6, 6.07) is 7.55. The van der Waals surface area contributed by atoms with Gasteiger partial charge in [-0.2, -0.15) is 0 Å². The van der Waals surface area contributed by atoms with Crippen molar-refractivity contribution in [2.75, 3.05) is 14.2 Å². The minimum atomic E-state index is -0.974. The minimum absolute atomic E-state index is 0.271. The van der Waals surface area contributed by atoms with Crippen LogP contribution in [-0.2, 0) is 0 Å². The number of rotatable bonds is 4. The first-order valence-electron chi connectivity index (χ1n) is 6.34. The average molecular weight is 311 g/mol. The van der Waals surface area contributed by atoms with Crippen molar-refractivity contribution >= 4 is 11.6 Å². The van der Waals surface area contributed by atoms with Crippen LogP contribution in [0.15, 0.2) is 30.3 Å². The second-order valence-corrected chi connectivity index (χ2v) is 4.99. The van der Waals surface area contributed by atoms with E-state index >= 15 is 0 Å². The molecular formula is C16H16ClFO3. The Kier molecular flexibility index (Phi) is 4.70. The van der Waals surface area contributed by atoms with Crippen LogP contribution in [0.3, 0.4) is 0 Å². The highest BCUT2D eigenvalue weighted by molar-refractivity contribution is 6.33. The van der Waals surface area contributed by atoms with Crippen molar-refractivity contribution in [2.24, 2.45) is 0 Å². The van der Waals surface area contributed by atoms with E-state index in [-0.39, 0.29) is 10.8 Å². The molecule has 2 aromatic carbocycles. The Hall–Kier alpha value is -1.78. The fourth-order valence-electron chi connectivity index (χ4n) is 2.23. The zero-order chi connectivity index (χ0) is 15.6. The van der Waals surface area contributed by atoms with Gasteiger partial charge in [-0.3, -0.25) is 0 Å². The van der Waals surface area contributed by atoms with Crippen molar-refractivity contribution in [1.29, 1.82) is 0 Å². The van der Waals surface area contributed by atoms with Gasteiger partial charge in [0.05, 0.1) is 19.2 Å². The number of hydrogen-bond donors (Lipinski definition) is 1. The van der Waals surface area contributed by atoms with Crippen LogP contribution in [0.4, 0.5) is 4.39 Å². The molecule has 21 heavy (non-hydrogen) atoms. The summed E-state index contributed by atoms with van der Waals surface area (Å²) >= 11 is 6.28. The first-order valence-corrected chi connectivity index (χ1v) is 6.71. The number of aliphatic hydroxyl groups excluding tert-OH is 1. The van der Waals surface area contributed by atoms with Gasteiger partial charge in [0.15, 0.2) is 11.5 Å². The quantitative estimate of drug-likeness (QED) is 0.931. The minimum Gasteiger partial charge on any atom is -0.493 e. The highest BCUT2D eigenvalue weighted by Crippen LogP contribution is 2.41. The highest BCUT2D eigenvalue weighted by atomic mass is 35.5. The maximum absolute atomic E-state index is 13.2. The Labute approximate surface area is 127 Å². The molecule has 0 bridgehead atoms. The fourth-order valence-corrected chi connectivity index (χ4v) is 2.57. The Bertz CT molecular complexity index is 658. The van der Waals surface area contributed by atoms with Crippen LogP contribution in [0.1, 0.15) is 22.8 Å². The average Bonchev–Trinajstić information content (AvgIpc) is 2.46. The molecule has 2 rings (SSSR count). The molecule has 0 heterocycles. The van der Waals surface area contributed by atoms with E-state index in [4.69, 9.17) is 21.1 Å². The molecule has 1 unspecified atom stereocenters. The molecule has 5 heteroatoms. The van der Waals surface area contributed by atoms with E-state index in [2.05, 4.69) is 0 Å². The van der Waals surface area contributed by atoms with Crippen molar-refractivity contribution in [3.8, 4) is 11.5 Å². The van der Waals surface area contributed by atoms with Crippen LogP contribution in [-0.4, -0.2) is 19.3 Å². The number of aliphatic hydroxyl groups is 1. The molecule has 0 fully saturated rings.